The van der Waals surface area contributed by atoms with Crippen molar-refractivity contribution in [3.05, 3.63) is 82.7 Å². The monoisotopic (exact) mass is 363 g/mol. The molecule has 1 heterocycles. The van der Waals surface area contributed by atoms with Crippen molar-refractivity contribution in [2.24, 2.45) is 0 Å². The van der Waals surface area contributed by atoms with E-state index < -0.39 is 0 Å². The molecule has 0 fully saturated rings. The van der Waals surface area contributed by atoms with Crippen LogP contribution >= 0.6 is 0 Å². The maximum Gasteiger partial charge on any atom is 0.224 e. The standard InChI is InChI=1S/C22H25N3O2/c1-16-11-17(2)25(24-16)15-19-8-6-7-18(12-19)14-23-22(26)13-20-9-4-5-10-21(20)27-3/h4-12H,13-15H2,1-3H3,(H,23,26). The highest BCUT2D eigenvalue weighted by molar-refractivity contribution is 5.79. The SMILES string of the molecule is COc1ccccc1CC(=O)NCc1cccc(Cn2nc(C)cc2C)c1. The first kappa shape index (κ1) is 18.7. The van der Waals surface area contributed by atoms with Crippen LogP contribution in [-0.4, -0.2) is 22.8 Å². The van der Waals surface area contributed by atoms with Crippen molar-refractivity contribution in [1.82, 2.24) is 15.1 Å². The quantitative estimate of drug-likeness (QED) is 0.700. The Morgan fingerprint density at radius 2 is 1.85 bits per heavy atom. The first-order valence-electron chi connectivity index (χ1n) is 9.02. The van der Waals surface area contributed by atoms with Crippen LogP contribution < -0.4 is 10.1 Å². The average molecular weight is 363 g/mol. The highest BCUT2D eigenvalue weighted by Gasteiger charge is 2.08. The molecule has 0 aliphatic rings. The summed E-state index contributed by atoms with van der Waals surface area (Å²) in [6.45, 7) is 5.28. The molecule has 5 nitrogen and oxygen atoms in total. The smallest absolute Gasteiger partial charge is 0.224 e. The van der Waals surface area contributed by atoms with E-state index in [0.717, 1.165) is 40.4 Å². The molecule has 0 unspecified atom stereocenters. The van der Waals surface area contributed by atoms with Crippen LogP contribution in [0.4, 0.5) is 0 Å². The first-order valence-corrected chi connectivity index (χ1v) is 9.02. The summed E-state index contributed by atoms with van der Waals surface area (Å²) in [4.78, 5) is 12.3. The molecule has 3 aromatic rings. The summed E-state index contributed by atoms with van der Waals surface area (Å²) in [5.41, 5.74) is 5.28. The molecule has 0 atom stereocenters. The number of aromatic nitrogens is 2. The average Bonchev–Trinajstić information content (AvgIpc) is 2.98. The number of ether oxygens (including phenoxy) is 1. The van der Waals surface area contributed by atoms with E-state index in [1.54, 1.807) is 7.11 Å². The molecule has 1 amide bonds. The third-order valence-electron chi connectivity index (χ3n) is 4.46. The molecule has 0 bridgehead atoms. The van der Waals surface area contributed by atoms with Crippen molar-refractivity contribution < 1.29 is 9.53 Å². The van der Waals surface area contributed by atoms with Gasteiger partial charge in [-0.25, -0.2) is 0 Å². The second kappa shape index (κ2) is 8.54. The molecule has 0 spiro atoms. The minimum absolute atomic E-state index is 0.0246. The maximum atomic E-state index is 12.3. The van der Waals surface area contributed by atoms with Gasteiger partial charge in [0.25, 0.3) is 0 Å². The molecule has 0 radical (unpaired) electrons. The zero-order chi connectivity index (χ0) is 19.2. The summed E-state index contributed by atoms with van der Waals surface area (Å²) in [7, 11) is 1.62. The Labute approximate surface area is 160 Å². The Hall–Kier alpha value is -3.08. The summed E-state index contributed by atoms with van der Waals surface area (Å²) < 4.78 is 7.30. The Balaban J connectivity index is 1.59. The van der Waals surface area contributed by atoms with Crippen LogP contribution in [0.5, 0.6) is 5.75 Å². The number of para-hydroxylation sites is 1. The summed E-state index contributed by atoms with van der Waals surface area (Å²) in [5.74, 6) is 0.711. The van der Waals surface area contributed by atoms with Gasteiger partial charge in [-0.05, 0) is 37.1 Å². The number of methoxy groups -OCH3 is 1. The largest absolute Gasteiger partial charge is 0.496 e. The van der Waals surface area contributed by atoms with Crippen molar-refractivity contribution in [3.8, 4) is 5.75 Å². The van der Waals surface area contributed by atoms with E-state index in [1.165, 1.54) is 0 Å². The fourth-order valence-electron chi connectivity index (χ4n) is 3.13. The van der Waals surface area contributed by atoms with Crippen LogP contribution in [0.1, 0.15) is 28.1 Å². The predicted octanol–water partition coefficient (Wildman–Crippen LogP) is 3.42. The molecule has 0 aliphatic carbocycles. The van der Waals surface area contributed by atoms with Gasteiger partial charge < -0.3 is 10.1 Å². The highest BCUT2D eigenvalue weighted by Crippen LogP contribution is 2.17. The third-order valence-corrected chi connectivity index (χ3v) is 4.46. The number of carbonyl (C=O) groups excluding carboxylic acids is 1. The van der Waals surface area contributed by atoms with Crippen LogP contribution in [0.15, 0.2) is 54.6 Å². The van der Waals surface area contributed by atoms with E-state index >= 15 is 0 Å². The number of benzene rings is 2. The molecule has 140 valence electrons. The van der Waals surface area contributed by atoms with Crippen molar-refractivity contribution in [1.29, 1.82) is 0 Å². The van der Waals surface area contributed by atoms with Gasteiger partial charge in [-0.2, -0.15) is 5.10 Å². The van der Waals surface area contributed by atoms with Crippen molar-refractivity contribution in [3.63, 3.8) is 0 Å². The van der Waals surface area contributed by atoms with Gasteiger partial charge in [0.1, 0.15) is 5.75 Å². The molecule has 0 saturated carbocycles. The topological polar surface area (TPSA) is 56.1 Å². The summed E-state index contributed by atoms with van der Waals surface area (Å²) in [6, 6.07) is 17.9. The summed E-state index contributed by atoms with van der Waals surface area (Å²) in [5, 5.41) is 7.50. The number of aryl methyl sites for hydroxylation is 2. The van der Waals surface area contributed by atoms with Gasteiger partial charge in [0.2, 0.25) is 5.91 Å². The summed E-state index contributed by atoms with van der Waals surface area (Å²) >= 11 is 0. The molecule has 5 heteroatoms. The molecular formula is C22H25N3O2. The molecule has 0 aliphatic heterocycles. The number of nitrogens with zero attached hydrogens (tertiary/aromatic N) is 2. The molecule has 3 rings (SSSR count). The number of nitrogens with one attached hydrogen (secondary N) is 1. The van der Waals surface area contributed by atoms with Crippen LogP contribution in [0.25, 0.3) is 0 Å². The second-order valence-corrected chi connectivity index (χ2v) is 6.67. The van der Waals surface area contributed by atoms with Crippen molar-refractivity contribution in [2.75, 3.05) is 7.11 Å². The Morgan fingerprint density at radius 1 is 1.07 bits per heavy atom. The van der Waals surface area contributed by atoms with Gasteiger partial charge in [0.15, 0.2) is 0 Å². The number of hydrogen-bond donors (Lipinski definition) is 1. The van der Waals surface area contributed by atoms with Crippen LogP contribution in [0, 0.1) is 13.8 Å². The molecule has 0 saturated heterocycles. The minimum atomic E-state index is -0.0246. The Bertz CT molecular complexity index is 931. The lowest BCUT2D eigenvalue weighted by atomic mass is 10.1. The van der Waals surface area contributed by atoms with Crippen molar-refractivity contribution in [2.45, 2.75) is 33.4 Å². The van der Waals surface area contributed by atoms with E-state index in [9.17, 15) is 4.79 Å². The number of hydrogen-bond acceptors (Lipinski definition) is 3. The fraction of sp³-hybridized carbons (Fsp3) is 0.273. The van der Waals surface area contributed by atoms with E-state index in [1.807, 2.05) is 48.0 Å². The van der Waals surface area contributed by atoms with Crippen LogP contribution in [-0.2, 0) is 24.3 Å². The lowest BCUT2D eigenvalue weighted by Gasteiger charge is -2.10. The normalized spacial score (nSPS) is 10.6. The zero-order valence-electron chi connectivity index (χ0n) is 16.0. The number of amides is 1. The Morgan fingerprint density at radius 3 is 2.59 bits per heavy atom. The fourth-order valence-corrected chi connectivity index (χ4v) is 3.13. The molecule has 27 heavy (non-hydrogen) atoms. The maximum absolute atomic E-state index is 12.3. The lowest BCUT2D eigenvalue weighted by Crippen LogP contribution is -2.24. The van der Waals surface area contributed by atoms with E-state index in [0.29, 0.717) is 13.0 Å². The third kappa shape index (κ3) is 4.97. The van der Waals surface area contributed by atoms with Gasteiger partial charge in [0, 0.05) is 17.8 Å². The van der Waals surface area contributed by atoms with E-state index in [-0.39, 0.29) is 5.91 Å². The zero-order valence-corrected chi connectivity index (χ0v) is 16.0. The van der Waals surface area contributed by atoms with Crippen LogP contribution in [0.2, 0.25) is 0 Å². The molecule has 1 aromatic heterocycles. The Kier molecular flexibility index (Phi) is 5.91. The first-order chi connectivity index (χ1) is 13.0. The number of rotatable bonds is 7. The lowest BCUT2D eigenvalue weighted by molar-refractivity contribution is -0.120. The van der Waals surface area contributed by atoms with Gasteiger partial charge in [-0.3, -0.25) is 9.48 Å². The minimum Gasteiger partial charge on any atom is -0.496 e. The van der Waals surface area contributed by atoms with Gasteiger partial charge >= 0.3 is 0 Å². The van der Waals surface area contributed by atoms with Crippen LogP contribution in [0.3, 0.4) is 0 Å². The molecule has 1 N–H and O–H groups in total. The van der Waals surface area contributed by atoms with Crippen molar-refractivity contribution >= 4 is 5.91 Å². The highest BCUT2D eigenvalue weighted by atomic mass is 16.5. The number of carbonyl (C=O) groups is 1. The summed E-state index contributed by atoms with van der Waals surface area (Å²) in [6.07, 6.45) is 0.301. The second-order valence-electron chi connectivity index (χ2n) is 6.67. The van der Waals surface area contributed by atoms with Gasteiger partial charge in [-0.15, -0.1) is 0 Å². The molecule has 2 aromatic carbocycles. The van der Waals surface area contributed by atoms with E-state index in [2.05, 4.69) is 35.5 Å². The van der Waals surface area contributed by atoms with Gasteiger partial charge in [0.05, 0.1) is 25.8 Å². The molecular weight excluding hydrogens is 338 g/mol. The van der Waals surface area contributed by atoms with E-state index in [4.69, 9.17) is 4.74 Å². The van der Waals surface area contributed by atoms with Gasteiger partial charge in [-0.1, -0.05) is 42.5 Å². The predicted molar refractivity (Wildman–Crippen MR) is 106 cm³/mol.